The first-order valence-electron chi connectivity index (χ1n) is 5.87. The van der Waals surface area contributed by atoms with Crippen LogP contribution in [0.1, 0.15) is 5.56 Å². The van der Waals surface area contributed by atoms with Gasteiger partial charge in [-0.15, -0.1) is 0 Å². The van der Waals surface area contributed by atoms with Crippen molar-refractivity contribution in [2.45, 2.75) is 6.54 Å². The molecule has 0 bridgehead atoms. The third kappa shape index (κ3) is 2.72. The van der Waals surface area contributed by atoms with Gasteiger partial charge in [-0.1, -0.05) is 17.7 Å². The molecule has 8 heteroatoms. The first-order chi connectivity index (χ1) is 9.40. The predicted molar refractivity (Wildman–Crippen MR) is 71.2 cm³/mol. The molecule has 1 aliphatic heterocycles. The lowest BCUT2D eigenvalue weighted by molar-refractivity contribution is -0.384. The number of halogens is 1. The molecule has 0 spiro atoms. The molecule has 20 heavy (non-hydrogen) atoms. The summed E-state index contributed by atoms with van der Waals surface area (Å²) in [6.07, 6.45) is 0. The van der Waals surface area contributed by atoms with Crippen LogP contribution in [0, 0.1) is 10.1 Å². The smallest absolute Gasteiger partial charge is 0.312 e. The molecule has 0 N–H and O–H groups in total. The summed E-state index contributed by atoms with van der Waals surface area (Å²) in [5, 5.41) is 10.8. The Morgan fingerprint density at radius 3 is 2.65 bits per heavy atom. The molecule has 0 aromatic heterocycles. The van der Waals surface area contributed by atoms with Gasteiger partial charge in [0.05, 0.1) is 4.92 Å². The number of benzene rings is 1. The van der Waals surface area contributed by atoms with Crippen molar-refractivity contribution >= 4 is 29.1 Å². The fourth-order valence-corrected chi connectivity index (χ4v) is 2.13. The van der Waals surface area contributed by atoms with Crippen molar-refractivity contribution < 1.29 is 14.5 Å². The number of amides is 2. The molecule has 0 aliphatic carbocycles. The largest absolute Gasteiger partial charge is 0.336 e. The maximum atomic E-state index is 11.8. The van der Waals surface area contributed by atoms with Crippen molar-refractivity contribution in [3.63, 3.8) is 0 Å². The molecule has 1 saturated heterocycles. The fourth-order valence-electron chi connectivity index (χ4n) is 1.94. The number of likely N-dealkylation sites (N-methyl/N-ethyl adjacent to an activating group) is 1. The van der Waals surface area contributed by atoms with Gasteiger partial charge in [-0.2, -0.15) is 0 Å². The maximum absolute atomic E-state index is 11.8. The summed E-state index contributed by atoms with van der Waals surface area (Å²) in [5.41, 5.74) is 0.351. The quantitative estimate of drug-likeness (QED) is 0.474. The molecule has 2 rings (SSSR count). The monoisotopic (exact) mass is 297 g/mol. The van der Waals surface area contributed by atoms with Crippen LogP contribution in [0.4, 0.5) is 5.69 Å². The molecule has 1 aromatic rings. The van der Waals surface area contributed by atoms with Crippen LogP contribution >= 0.6 is 11.6 Å². The molecule has 1 heterocycles. The lowest BCUT2D eigenvalue weighted by Crippen LogP contribution is -2.52. The Bertz CT molecular complexity index is 590. The molecule has 0 atom stereocenters. The molecule has 0 radical (unpaired) electrons. The number of hydrogen-bond acceptors (Lipinski definition) is 4. The van der Waals surface area contributed by atoms with Crippen molar-refractivity contribution in [3.8, 4) is 0 Å². The minimum atomic E-state index is -0.601. The third-order valence-electron chi connectivity index (χ3n) is 3.10. The van der Waals surface area contributed by atoms with E-state index in [0.29, 0.717) is 18.7 Å². The van der Waals surface area contributed by atoms with Gasteiger partial charge in [0.15, 0.2) is 0 Å². The average Bonchev–Trinajstić information content (AvgIpc) is 2.41. The van der Waals surface area contributed by atoms with Crippen molar-refractivity contribution in [1.82, 2.24) is 9.80 Å². The molecule has 1 aromatic carbocycles. The third-order valence-corrected chi connectivity index (χ3v) is 3.42. The van der Waals surface area contributed by atoms with Gasteiger partial charge in [-0.25, -0.2) is 0 Å². The topological polar surface area (TPSA) is 83.8 Å². The van der Waals surface area contributed by atoms with E-state index < -0.39 is 16.7 Å². The van der Waals surface area contributed by atoms with Crippen molar-refractivity contribution in [3.05, 3.63) is 38.9 Å². The van der Waals surface area contributed by atoms with Crippen LogP contribution in [0.25, 0.3) is 0 Å². The second kappa shape index (κ2) is 5.46. The Balaban J connectivity index is 2.18. The first kappa shape index (κ1) is 14.3. The number of carbonyl (C=O) groups excluding carboxylic acids is 2. The van der Waals surface area contributed by atoms with Gasteiger partial charge in [0.1, 0.15) is 5.02 Å². The van der Waals surface area contributed by atoms with Gasteiger partial charge in [-0.3, -0.25) is 19.7 Å². The van der Waals surface area contributed by atoms with Crippen LogP contribution in [0.2, 0.25) is 5.02 Å². The van der Waals surface area contributed by atoms with Crippen molar-refractivity contribution in [1.29, 1.82) is 0 Å². The molecule has 1 aliphatic rings. The van der Waals surface area contributed by atoms with Gasteiger partial charge in [0.2, 0.25) is 0 Å². The zero-order valence-corrected chi connectivity index (χ0v) is 11.5. The van der Waals surface area contributed by atoms with Gasteiger partial charge in [0, 0.05) is 32.7 Å². The second-order valence-corrected chi connectivity index (χ2v) is 4.90. The molecule has 2 amide bonds. The lowest BCUT2D eigenvalue weighted by atomic mass is 10.1. The van der Waals surface area contributed by atoms with E-state index in [-0.39, 0.29) is 17.3 Å². The molecule has 1 fully saturated rings. The van der Waals surface area contributed by atoms with E-state index >= 15 is 0 Å². The minimum Gasteiger partial charge on any atom is -0.336 e. The summed E-state index contributed by atoms with van der Waals surface area (Å²) in [4.78, 5) is 36.3. The summed E-state index contributed by atoms with van der Waals surface area (Å²) in [6, 6.07) is 4.33. The molecule has 106 valence electrons. The Morgan fingerprint density at radius 2 is 2.00 bits per heavy atom. The highest BCUT2D eigenvalue weighted by Gasteiger charge is 2.30. The summed E-state index contributed by atoms with van der Waals surface area (Å²) in [6.45, 7) is 0.994. The van der Waals surface area contributed by atoms with Crippen molar-refractivity contribution in [2.24, 2.45) is 0 Å². The fraction of sp³-hybridized carbons (Fsp3) is 0.333. The van der Waals surface area contributed by atoms with E-state index in [9.17, 15) is 19.7 Å². The number of hydrogen-bond donors (Lipinski definition) is 0. The number of rotatable bonds is 3. The number of nitro groups is 1. The zero-order valence-electron chi connectivity index (χ0n) is 10.7. The number of nitro benzene ring substituents is 1. The summed E-state index contributed by atoms with van der Waals surface area (Å²) < 4.78 is 0. The van der Waals surface area contributed by atoms with E-state index in [1.807, 2.05) is 0 Å². The van der Waals surface area contributed by atoms with E-state index in [4.69, 9.17) is 11.6 Å². The van der Waals surface area contributed by atoms with Crippen LogP contribution in [0.15, 0.2) is 18.2 Å². The van der Waals surface area contributed by atoms with Gasteiger partial charge < -0.3 is 9.80 Å². The molecule has 0 saturated carbocycles. The minimum absolute atomic E-state index is 0.0412. The highest BCUT2D eigenvalue weighted by Crippen LogP contribution is 2.25. The van der Waals surface area contributed by atoms with E-state index in [2.05, 4.69) is 0 Å². The standard InChI is InChI=1S/C12H12ClN3O4/c1-14-4-5-15(12(18)11(14)17)7-8-2-3-9(13)10(6-8)16(19)20/h2-3,6H,4-5,7H2,1H3. The van der Waals surface area contributed by atoms with Crippen LogP contribution < -0.4 is 0 Å². The Hall–Kier alpha value is -2.15. The second-order valence-electron chi connectivity index (χ2n) is 4.50. The summed E-state index contributed by atoms with van der Waals surface area (Å²) in [7, 11) is 1.56. The maximum Gasteiger partial charge on any atom is 0.312 e. The van der Waals surface area contributed by atoms with Crippen LogP contribution in [0.3, 0.4) is 0 Å². The normalized spacial score (nSPS) is 15.7. The summed E-state index contributed by atoms with van der Waals surface area (Å²) in [5.74, 6) is -1.17. The van der Waals surface area contributed by atoms with E-state index in [1.165, 1.54) is 21.9 Å². The van der Waals surface area contributed by atoms with Crippen LogP contribution in [-0.2, 0) is 16.1 Å². The van der Waals surface area contributed by atoms with Gasteiger partial charge in [-0.05, 0) is 11.6 Å². The van der Waals surface area contributed by atoms with E-state index in [0.717, 1.165) is 0 Å². The zero-order chi connectivity index (χ0) is 14.9. The highest BCUT2D eigenvalue weighted by molar-refractivity contribution is 6.35. The van der Waals surface area contributed by atoms with Crippen LogP contribution in [-0.4, -0.2) is 46.7 Å². The molecular weight excluding hydrogens is 286 g/mol. The predicted octanol–water partition coefficient (Wildman–Crippen LogP) is 1.05. The SMILES string of the molecule is CN1CCN(Cc2ccc(Cl)c([N+](=O)[O-])c2)C(=O)C1=O. The highest BCUT2D eigenvalue weighted by atomic mass is 35.5. The van der Waals surface area contributed by atoms with E-state index in [1.54, 1.807) is 13.1 Å². The number of carbonyl (C=O) groups is 2. The molecule has 7 nitrogen and oxygen atoms in total. The first-order valence-corrected chi connectivity index (χ1v) is 6.25. The molecule has 0 unspecified atom stereocenters. The Kier molecular flexibility index (Phi) is 3.89. The average molecular weight is 298 g/mol. The Morgan fingerprint density at radius 1 is 1.30 bits per heavy atom. The lowest BCUT2D eigenvalue weighted by Gasteiger charge is -2.31. The van der Waals surface area contributed by atoms with Crippen molar-refractivity contribution in [2.75, 3.05) is 20.1 Å². The summed E-state index contributed by atoms with van der Waals surface area (Å²) >= 11 is 5.72. The van der Waals surface area contributed by atoms with Gasteiger partial charge >= 0.3 is 11.8 Å². The number of nitrogens with zero attached hydrogens (tertiary/aromatic N) is 3. The van der Waals surface area contributed by atoms with Crippen LogP contribution in [0.5, 0.6) is 0 Å². The van der Waals surface area contributed by atoms with Gasteiger partial charge in [0.25, 0.3) is 5.69 Å². The molecular formula is C12H12ClN3O4. The number of piperazine rings is 1. The Labute approximate surface area is 119 Å².